The molecule has 1 aromatic carbocycles. The Morgan fingerprint density at radius 3 is 2.76 bits per heavy atom. The van der Waals surface area contributed by atoms with E-state index < -0.39 is 10.8 Å². The van der Waals surface area contributed by atoms with Gasteiger partial charge < -0.3 is 15.4 Å². The summed E-state index contributed by atoms with van der Waals surface area (Å²) in [5, 5.41) is 6.05. The zero-order valence-electron chi connectivity index (χ0n) is 15.6. The number of likely N-dealkylation sites (tertiary alicyclic amines) is 1. The first kappa shape index (κ1) is 19.7. The monoisotopic (exact) mass is 367 g/mol. The molecule has 1 aromatic rings. The molecule has 0 aliphatic carbocycles. The van der Waals surface area contributed by atoms with E-state index in [-0.39, 0.29) is 5.91 Å². The third-order valence-electron chi connectivity index (χ3n) is 4.73. The summed E-state index contributed by atoms with van der Waals surface area (Å²) >= 11 is 0. The number of hydrogen-bond donors (Lipinski definition) is 2. The Hall–Kier alpha value is -1.60. The summed E-state index contributed by atoms with van der Waals surface area (Å²) < 4.78 is 17.7. The highest BCUT2D eigenvalue weighted by molar-refractivity contribution is 7.85. The summed E-state index contributed by atoms with van der Waals surface area (Å²) in [4.78, 5) is 15.7. The van der Waals surface area contributed by atoms with Gasteiger partial charge in [0.2, 0.25) is 0 Å². The molecule has 2 N–H and O–H groups in total. The number of methoxy groups -OCH3 is 1. The lowest BCUT2D eigenvalue weighted by Gasteiger charge is -2.23. The number of carbonyl (C=O) groups is 1. The summed E-state index contributed by atoms with van der Waals surface area (Å²) in [6.07, 6.45) is 2.28. The van der Waals surface area contributed by atoms with Crippen molar-refractivity contribution in [2.24, 2.45) is 0 Å². The standard InChI is InChI=1S/C18H29N3O3S/c1-5-21-9-7-8-13(21)12-20-18(22)14-10-17(25(23)6-2)15(19-3)11-16(14)24-4/h10-11,13,19H,5-9,12H2,1-4H3,(H,20,22). The molecule has 2 rings (SSSR count). The fraction of sp³-hybridized carbons (Fsp3) is 0.611. The SMILES string of the molecule is CCN1CCCC1CNC(=O)c1cc(S(=O)CC)c(NC)cc1OC. The maximum absolute atomic E-state index is 12.7. The molecule has 25 heavy (non-hydrogen) atoms. The summed E-state index contributed by atoms with van der Waals surface area (Å²) in [7, 11) is 2.15. The molecule has 6 nitrogen and oxygen atoms in total. The van der Waals surface area contributed by atoms with Gasteiger partial charge in [0.25, 0.3) is 5.91 Å². The zero-order valence-corrected chi connectivity index (χ0v) is 16.4. The average molecular weight is 368 g/mol. The van der Waals surface area contributed by atoms with Crippen molar-refractivity contribution in [1.82, 2.24) is 10.2 Å². The van der Waals surface area contributed by atoms with Crippen molar-refractivity contribution in [2.75, 3.05) is 44.9 Å². The minimum atomic E-state index is -1.16. The maximum Gasteiger partial charge on any atom is 0.255 e. The van der Waals surface area contributed by atoms with Crippen LogP contribution in [-0.2, 0) is 10.8 Å². The first-order chi connectivity index (χ1) is 12.0. The van der Waals surface area contributed by atoms with Crippen LogP contribution in [0.1, 0.15) is 37.0 Å². The highest BCUT2D eigenvalue weighted by Crippen LogP contribution is 2.30. The van der Waals surface area contributed by atoms with E-state index in [4.69, 9.17) is 4.74 Å². The Balaban J connectivity index is 2.21. The van der Waals surface area contributed by atoms with Crippen LogP contribution in [0.2, 0.25) is 0 Å². The van der Waals surface area contributed by atoms with Crippen molar-refractivity contribution in [3.63, 3.8) is 0 Å². The number of nitrogens with one attached hydrogen (secondary N) is 2. The molecule has 140 valence electrons. The average Bonchev–Trinajstić information content (AvgIpc) is 3.11. The number of anilines is 1. The van der Waals surface area contributed by atoms with E-state index in [1.54, 1.807) is 19.2 Å². The lowest BCUT2D eigenvalue weighted by atomic mass is 10.1. The molecule has 1 saturated heterocycles. The summed E-state index contributed by atoms with van der Waals surface area (Å²) in [6.45, 7) is 6.72. The Kier molecular flexibility index (Phi) is 7.25. The topological polar surface area (TPSA) is 70.7 Å². The van der Waals surface area contributed by atoms with Gasteiger partial charge in [-0.15, -0.1) is 0 Å². The van der Waals surface area contributed by atoms with Gasteiger partial charge in [-0.2, -0.15) is 0 Å². The largest absolute Gasteiger partial charge is 0.496 e. The van der Waals surface area contributed by atoms with Gasteiger partial charge in [0, 0.05) is 31.5 Å². The molecule has 7 heteroatoms. The molecule has 0 aromatic heterocycles. The quantitative estimate of drug-likeness (QED) is 0.736. The zero-order chi connectivity index (χ0) is 18.4. The molecule has 0 bridgehead atoms. The second-order valence-corrected chi connectivity index (χ2v) is 7.78. The molecule has 1 aliphatic heterocycles. The number of carbonyl (C=O) groups excluding carboxylic acids is 1. The number of likely N-dealkylation sites (N-methyl/N-ethyl adjacent to an activating group) is 1. The van der Waals surface area contributed by atoms with Gasteiger partial charge in [-0.05, 0) is 32.0 Å². The van der Waals surface area contributed by atoms with Crippen molar-refractivity contribution in [2.45, 2.75) is 37.6 Å². The summed E-state index contributed by atoms with van der Waals surface area (Å²) in [6, 6.07) is 3.82. The number of hydrogen-bond acceptors (Lipinski definition) is 5. The normalized spacial score (nSPS) is 18.8. The molecule has 0 spiro atoms. The van der Waals surface area contributed by atoms with Gasteiger partial charge in [0.05, 0.1) is 34.1 Å². The van der Waals surface area contributed by atoms with Gasteiger partial charge in [-0.25, -0.2) is 0 Å². The van der Waals surface area contributed by atoms with Gasteiger partial charge >= 0.3 is 0 Å². The van der Waals surface area contributed by atoms with E-state index in [9.17, 15) is 9.00 Å². The van der Waals surface area contributed by atoms with E-state index in [1.165, 1.54) is 13.5 Å². The van der Waals surface area contributed by atoms with E-state index in [0.29, 0.717) is 34.5 Å². The summed E-state index contributed by atoms with van der Waals surface area (Å²) in [5.74, 6) is 0.796. The van der Waals surface area contributed by atoms with Crippen molar-refractivity contribution in [3.8, 4) is 5.75 Å². The molecule has 1 heterocycles. The fourth-order valence-corrected chi connectivity index (χ4v) is 4.26. The van der Waals surface area contributed by atoms with Crippen molar-refractivity contribution in [3.05, 3.63) is 17.7 Å². The molecule has 0 radical (unpaired) electrons. The fourth-order valence-electron chi connectivity index (χ4n) is 3.29. The molecule has 1 amide bonds. The third kappa shape index (κ3) is 4.52. The predicted molar refractivity (Wildman–Crippen MR) is 102 cm³/mol. The second kappa shape index (κ2) is 9.20. The van der Waals surface area contributed by atoms with Crippen LogP contribution in [0.3, 0.4) is 0 Å². The van der Waals surface area contributed by atoms with Crippen molar-refractivity contribution < 1.29 is 13.7 Å². The van der Waals surface area contributed by atoms with Crippen LogP contribution in [0.25, 0.3) is 0 Å². The van der Waals surface area contributed by atoms with E-state index in [2.05, 4.69) is 22.5 Å². The number of ether oxygens (including phenoxy) is 1. The van der Waals surface area contributed by atoms with E-state index >= 15 is 0 Å². The molecule has 2 atom stereocenters. The maximum atomic E-state index is 12.7. The number of amides is 1. The van der Waals surface area contributed by atoms with E-state index in [1.807, 2.05) is 6.92 Å². The Labute approximate surface area is 152 Å². The number of nitrogens with zero attached hydrogens (tertiary/aromatic N) is 1. The Bertz CT molecular complexity index is 636. The van der Waals surface area contributed by atoms with E-state index in [0.717, 1.165) is 25.2 Å². The first-order valence-corrected chi connectivity index (χ1v) is 10.2. The van der Waals surface area contributed by atoms with Crippen LogP contribution < -0.4 is 15.4 Å². The minimum absolute atomic E-state index is 0.184. The molecular weight excluding hydrogens is 338 g/mol. The van der Waals surface area contributed by atoms with Crippen molar-refractivity contribution in [1.29, 1.82) is 0 Å². The van der Waals surface area contributed by atoms with Crippen LogP contribution in [0.5, 0.6) is 5.75 Å². The number of rotatable bonds is 8. The van der Waals surface area contributed by atoms with Crippen LogP contribution >= 0.6 is 0 Å². The lowest BCUT2D eigenvalue weighted by Crippen LogP contribution is -2.40. The molecule has 1 fully saturated rings. The third-order valence-corrected chi connectivity index (χ3v) is 6.08. The minimum Gasteiger partial charge on any atom is -0.496 e. The van der Waals surface area contributed by atoms with Crippen LogP contribution in [0.4, 0.5) is 5.69 Å². The summed E-state index contributed by atoms with van der Waals surface area (Å²) in [5.41, 5.74) is 1.15. The Morgan fingerprint density at radius 2 is 2.16 bits per heavy atom. The van der Waals surface area contributed by atoms with Gasteiger partial charge in [-0.3, -0.25) is 13.9 Å². The lowest BCUT2D eigenvalue weighted by molar-refractivity contribution is 0.0938. The molecule has 0 saturated carbocycles. The second-order valence-electron chi connectivity index (χ2n) is 6.07. The van der Waals surface area contributed by atoms with Crippen LogP contribution in [0, 0.1) is 0 Å². The van der Waals surface area contributed by atoms with Crippen LogP contribution in [0.15, 0.2) is 17.0 Å². The number of benzene rings is 1. The highest BCUT2D eigenvalue weighted by Gasteiger charge is 2.24. The first-order valence-electron chi connectivity index (χ1n) is 8.86. The van der Waals surface area contributed by atoms with Gasteiger partial charge in [-0.1, -0.05) is 13.8 Å². The van der Waals surface area contributed by atoms with Gasteiger partial charge in [0.15, 0.2) is 0 Å². The smallest absolute Gasteiger partial charge is 0.255 e. The molecule has 2 unspecified atom stereocenters. The Morgan fingerprint density at radius 1 is 1.40 bits per heavy atom. The van der Waals surface area contributed by atoms with Crippen LogP contribution in [-0.4, -0.2) is 60.6 Å². The highest BCUT2D eigenvalue weighted by atomic mass is 32.2. The molecule has 1 aliphatic rings. The molecular formula is C18H29N3O3S. The predicted octanol–water partition coefficient (Wildman–Crippen LogP) is 2.08. The van der Waals surface area contributed by atoms with Gasteiger partial charge in [0.1, 0.15) is 5.75 Å². The van der Waals surface area contributed by atoms with Crippen molar-refractivity contribution >= 4 is 22.4 Å².